The Balaban J connectivity index is 1.10. The number of ether oxygens (including phenoxy) is 2. The molecule has 1 atom stereocenters. The monoisotopic (exact) mass is 460 g/mol. The van der Waals surface area contributed by atoms with Crippen molar-refractivity contribution in [3.63, 3.8) is 0 Å². The molecule has 0 bridgehead atoms. The standard InChI is InChI=1S/C28H32N2O4/c31-26(18-34-27-8-4-3-7-25(27)16-30-20-33-19-28(30)32)17-29-13-11-22(12-14-29)24-10-9-21-5-1-2-6-23(21)15-24/h1-10,15,22,26,31H,11-14,16-20H2/t26-/m0/s1. The molecule has 1 amide bonds. The number of nitrogens with zero attached hydrogens (tertiary/aromatic N) is 2. The summed E-state index contributed by atoms with van der Waals surface area (Å²) in [5, 5.41) is 13.2. The van der Waals surface area contributed by atoms with Gasteiger partial charge in [0.1, 0.15) is 31.8 Å². The number of carbonyl (C=O) groups excluding carboxylic acids is 1. The molecule has 6 nitrogen and oxygen atoms in total. The van der Waals surface area contributed by atoms with Gasteiger partial charge in [0.05, 0.1) is 6.54 Å². The van der Waals surface area contributed by atoms with Crippen LogP contribution in [0.2, 0.25) is 0 Å². The molecular formula is C28H32N2O4. The maximum atomic E-state index is 11.9. The number of carbonyl (C=O) groups is 1. The fraction of sp³-hybridized carbons (Fsp3) is 0.393. The first-order valence-corrected chi connectivity index (χ1v) is 12.1. The van der Waals surface area contributed by atoms with Crippen LogP contribution in [0, 0.1) is 0 Å². The van der Waals surface area contributed by atoms with Gasteiger partial charge < -0.3 is 24.4 Å². The fourth-order valence-corrected chi connectivity index (χ4v) is 4.97. The highest BCUT2D eigenvalue weighted by atomic mass is 16.5. The number of likely N-dealkylation sites (tertiary alicyclic amines) is 1. The number of hydrogen-bond acceptors (Lipinski definition) is 5. The molecule has 2 aliphatic heterocycles. The number of para-hydroxylation sites is 1. The minimum Gasteiger partial charge on any atom is -0.490 e. The van der Waals surface area contributed by atoms with Crippen LogP contribution in [0.3, 0.4) is 0 Å². The third kappa shape index (κ3) is 5.41. The van der Waals surface area contributed by atoms with Gasteiger partial charge in [0.25, 0.3) is 5.91 Å². The summed E-state index contributed by atoms with van der Waals surface area (Å²) in [4.78, 5) is 15.9. The van der Waals surface area contributed by atoms with Crippen LogP contribution in [-0.4, -0.2) is 66.5 Å². The zero-order valence-corrected chi connectivity index (χ0v) is 19.4. The van der Waals surface area contributed by atoms with E-state index in [4.69, 9.17) is 9.47 Å². The summed E-state index contributed by atoms with van der Waals surface area (Å²) in [6.07, 6.45) is 1.63. The van der Waals surface area contributed by atoms with E-state index >= 15 is 0 Å². The van der Waals surface area contributed by atoms with Crippen LogP contribution in [0.15, 0.2) is 66.7 Å². The largest absolute Gasteiger partial charge is 0.490 e. The number of aliphatic hydroxyl groups excluding tert-OH is 1. The van der Waals surface area contributed by atoms with Gasteiger partial charge in [-0.3, -0.25) is 4.79 Å². The van der Waals surface area contributed by atoms with Crippen molar-refractivity contribution in [2.24, 2.45) is 0 Å². The highest BCUT2D eigenvalue weighted by Gasteiger charge is 2.24. The first-order valence-electron chi connectivity index (χ1n) is 12.1. The van der Waals surface area contributed by atoms with Crippen molar-refractivity contribution in [2.45, 2.75) is 31.4 Å². The number of fused-ring (bicyclic) bond motifs is 1. The van der Waals surface area contributed by atoms with Crippen LogP contribution in [0.5, 0.6) is 5.75 Å². The second-order valence-corrected chi connectivity index (χ2v) is 9.32. The van der Waals surface area contributed by atoms with E-state index in [9.17, 15) is 9.90 Å². The molecule has 0 spiro atoms. The molecule has 0 aliphatic carbocycles. The SMILES string of the molecule is O=C1COCN1Cc1ccccc1OC[C@@H](O)CN1CCC(c2ccc3ccccc3c2)CC1. The summed E-state index contributed by atoms with van der Waals surface area (Å²) in [6, 6.07) is 23.0. The molecule has 3 aromatic carbocycles. The molecule has 6 heteroatoms. The molecule has 0 radical (unpaired) electrons. The number of β-amino-alcohol motifs (C(OH)–C–C–N with tert-alkyl or cyclic N) is 1. The van der Waals surface area contributed by atoms with Crippen molar-refractivity contribution in [1.29, 1.82) is 0 Å². The smallest absolute Gasteiger partial charge is 0.250 e. The Morgan fingerprint density at radius 3 is 2.56 bits per heavy atom. The average Bonchev–Trinajstić information content (AvgIpc) is 3.28. The zero-order valence-electron chi connectivity index (χ0n) is 19.4. The minimum atomic E-state index is -0.568. The van der Waals surface area contributed by atoms with E-state index in [0.717, 1.165) is 31.5 Å². The zero-order chi connectivity index (χ0) is 23.3. The van der Waals surface area contributed by atoms with Crippen LogP contribution < -0.4 is 4.74 Å². The molecule has 3 aromatic rings. The topological polar surface area (TPSA) is 62.2 Å². The second kappa shape index (κ2) is 10.6. The summed E-state index contributed by atoms with van der Waals surface area (Å²) < 4.78 is 11.2. The summed E-state index contributed by atoms with van der Waals surface area (Å²) >= 11 is 0. The van der Waals surface area contributed by atoms with E-state index in [2.05, 4.69) is 47.4 Å². The molecule has 2 heterocycles. The normalized spacial score (nSPS) is 18.5. The fourth-order valence-electron chi connectivity index (χ4n) is 4.97. The summed E-state index contributed by atoms with van der Waals surface area (Å²) in [7, 11) is 0. The number of piperidine rings is 1. The number of rotatable bonds is 8. The van der Waals surface area contributed by atoms with E-state index in [0.29, 0.717) is 31.5 Å². The average molecular weight is 461 g/mol. The van der Waals surface area contributed by atoms with Crippen molar-refractivity contribution < 1.29 is 19.4 Å². The summed E-state index contributed by atoms with van der Waals surface area (Å²) in [6.45, 7) is 3.68. The molecule has 2 fully saturated rings. The number of amides is 1. The number of hydrogen-bond donors (Lipinski definition) is 1. The van der Waals surface area contributed by atoms with Crippen LogP contribution in [0.1, 0.15) is 29.9 Å². The van der Waals surface area contributed by atoms with E-state index in [-0.39, 0.29) is 19.1 Å². The van der Waals surface area contributed by atoms with Gasteiger partial charge in [0.2, 0.25) is 0 Å². The molecule has 0 unspecified atom stereocenters. The highest BCUT2D eigenvalue weighted by Crippen LogP contribution is 2.30. The first kappa shape index (κ1) is 22.8. The maximum absolute atomic E-state index is 11.9. The Bertz CT molecular complexity index is 1130. The van der Waals surface area contributed by atoms with Crippen molar-refractivity contribution in [2.75, 3.05) is 39.6 Å². The molecule has 0 aromatic heterocycles. The van der Waals surface area contributed by atoms with E-state index < -0.39 is 6.10 Å². The van der Waals surface area contributed by atoms with Gasteiger partial charge in [-0.15, -0.1) is 0 Å². The van der Waals surface area contributed by atoms with Gasteiger partial charge in [-0.2, -0.15) is 0 Å². The maximum Gasteiger partial charge on any atom is 0.250 e. The van der Waals surface area contributed by atoms with Crippen LogP contribution in [0.25, 0.3) is 10.8 Å². The molecule has 2 aliphatic rings. The lowest BCUT2D eigenvalue weighted by Crippen LogP contribution is -2.40. The van der Waals surface area contributed by atoms with Crippen molar-refractivity contribution >= 4 is 16.7 Å². The van der Waals surface area contributed by atoms with Gasteiger partial charge in [-0.25, -0.2) is 0 Å². The second-order valence-electron chi connectivity index (χ2n) is 9.32. The van der Waals surface area contributed by atoms with Crippen molar-refractivity contribution in [1.82, 2.24) is 9.80 Å². The van der Waals surface area contributed by atoms with E-state index in [1.165, 1.54) is 16.3 Å². The van der Waals surface area contributed by atoms with Crippen molar-refractivity contribution in [3.05, 3.63) is 77.9 Å². The number of benzene rings is 3. The minimum absolute atomic E-state index is 0.0121. The van der Waals surface area contributed by atoms with Gasteiger partial charge >= 0.3 is 0 Å². The molecule has 34 heavy (non-hydrogen) atoms. The first-order chi connectivity index (χ1) is 16.7. The molecule has 178 valence electrons. The van der Waals surface area contributed by atoms with Gasteiger partial charge in [0.15, 0.2) is 0 Å². The van der Waals surface area contributed by atoms with Crippen molar-refractivity contribution in [3.8, 4) is 5.75 Å². The Morgan fingerprint density at radius 1 is 1.00 bits per heavy atom. The van der Waals surface area contributed by atoms with Crippen LogP contribution in [-0.2, 0) is 16.1 Å². The third-order valence-electron chi connectivity index (χ3n) is 6.89. The molecule has 2 saturated heterocycles. The number of aliphatic hydroxyl groups is 1. The quantitative estimate of drug-likeness (QED) is 0.554. The van der Waals surface area contributed by atoms with Gasteiger partial charge in [-0.05, 0) is 54.3 Å². The lowest BCUT2D eigenvalue weighted by Gasteiger charge is -2.33. The van der Waals surface area contributed by atoms with E-state index in [1.54, 1.807) is 4.90 Å². The van der Waals surface area contributed by atoms with Gasteiger partial charge in [0, 0.05) is 12.1 Å². The molecule has 5 rings (SSSR count). The lowest BCUT2D eigenvalue weighted by atomic mass is 9.88. The summed E-state index contributed by atoms with van der Waals surface area (Å²) in [5.74, 6) is 1.26. The molecule has 0 saturated carbocycles. The van der Waals surface area contributed by atoms with Crippen LogP contribution in [0.4, 0.5) is 0 Å². The van der Waals surface area contributed by atoms with E-state index in [1.807, 2.05) is 24.3 Å². The Labute approximate surface area is 200 Å². The predicted molar refractivity (Wildman–Crippen MR) is 132 cm³/mol. The predicted octanol–water partition coefficient (Wildman–Crippen LogP) is 3.78. The third-order valence-corrected chi connectivity index (χ3v) is 6.89. The highest BCUT2D eigenvalue weighted by molar-refractivity contribution is 5.83. The Morgan fingerprint density at radius 2 is 1.76 bits per heavy atom. The van der Waals surface area contributed by atoms with Gasteiger partial charge in [-0.1, -0.05) is 60.7 Å². The summed E-state index contributed by atoms with van der Waals surface area (Å²) in [5.41, 5.74) is 2.34. The molecule has 1 N–H and O–H groups in total. The lowest BCUT2D eigenvalue weighted by molar-refractivity contribution is -0.127. The van der Waals surface area contributed by atoms with Crippen LogP contribution >= 0.6 is 0 Å². The Kier molecular flexibility index (Phi) is 7.09. The molecular weight excluding hydrogens is 428 g/mol. The Hall–Kier alpha value is -2.93.